The lowest BCUT2D eigenvalue weighted by molar-refractivity contribution is 0.0512. The molecule has 0 bridgehead atoms. The Bertz CT molecular complexity index is 450. The molecular formula is C16H25BrN2O2. The van der Waals surface area contributed by atoms with Crippen LogP contribution in [0.5, 0.6) is 5.75 Å². The second-order valence-electron chi connectivity index (χ2n) is 6.03. The van der Waals surface area contributed by atoms with E-state index >= 15 is 0 Å². The predicted molar refractivity (Wildman–Crippen MR) is 88.8 cm³/mol. The Hall–Kier alpha value is -0.620. The van der Waals surface area contributed by atoms with E-state index in [2.05, 4.69) is 40.2 Å². The van der Waals surface area contributed by atoms with Crippen molar-refractivity contribution in [1.29, 1.82) is 0 Å². The van der Waals surface area contributed by atoms with Crippen LogP contribution in [0.2, 0.25) is 0 Å². The number of halogens is 1. The SMILES string of the molecule is CN(C)C1(CNCC(O)COc2cccc(Br)c2)CCC1. The van der Waals surface area contributed by atoms with Gasteiger partial charge < -0.3 is 20.1 Å². The number of aliphatic hydroxyl groups excluding tert-OH is 1. The maximum Gasteiger partial charge on any atom is 0.120 e. The normalized spacial score (nSPS) is 18.3. The van der Waals surface area contributed by atoms with Gasteiger partial charge in [-0.3, -0.25) is 0 Å². The first kappa shape index (κ1) is 16.7. The highest BCUT2D eigenvalue weighted by molar-refractivity contribution is 9.10. The molecule has 1 aromatic rings. The molecule has 118 valence electrons. The van der Waals surface area contributed by atoms with Gasteiger partial charge in [-0.1, -0.05) is 22.0 Å². The molecule has 1 aliphatic rings. The van der Waals surface area contributed by atoms with Gasteiger partial charge in [-0.05, 0) is 51.6 Å². The zero-order valence-corrected chi connectivity index (χ0v) is 14.4. The molecule has 1 atom stereocenters. The van der Waals surface area contributed by atoms with E-state index in [1.54, 1.807) is 0 Å². The summed E-state index contributed by atoms with van der Waals surface area (Å²) >= 11 is 3.40. The highest BCUT2D eigenvalue weighted by Crippen LogP contribution is 2.35. The molecule has 0 aromatic heterocycles. The molecule has 1 aromatic carbocycles. The number of hydrogen-bond acceptors (Lipinski definition) is 4. The van der Waals surface area contributed by atoms with E-state index in [1.165, 1.54) is 19.3 Å². The molecule has 1 unspecified atom stereocenters. The van der Waals surface area contributed by atoms with Gasteiger partial charge in [0, 0.05) is 23.1 Å². The molecule has 2 N–H and O–H groups in total. The van der Waals surface area contributed by atoms with Crippen LogP contribution in [-0.4, -0.2) is 55.4 Å². The lowest BCUT2D eigenvalue weighted by Crippen LogP contribution is -2.57. The molecule has 0 amide bonds. The van der Waals surface area contributed by atoms with Gasteiger partial charge in [0.2, 0.25) is 0 Å². The summed E-state index contributed by atoms with van der Waals surface area (Å²) in [5.41, 5.74) is 0.283. The Morgan fingerprint density at radius 3 is 2.76 bits per heavy atom. The lowest BCUT2D eigenvalue weighted by atomic mass is 9.75. The van der Waals surface area contributed by atoms with Crippen LogP contribution in [-0.2, 0) is 0 Å². The van der Waals surface area contributed by atoms with Crippen LogP contribution >= 0.6 is 15.9 Å². The first-order valence-corrected chi connectivity index (χ1v) is 8.26. The molecule has 1 aliphatic carbocycles. The Morgan fingerprint density at radius 1 is 1.43 bits per heavy atom. The molecule has 0 aliphatic heterocycles. The Kier molecular flexibility index (Phi) is 6.05. The van der Waals surface area contributed by atoms with Crippen LogP contribution in [0.3, 0.4) is 0 Å². The average Bonchev–Trinajstić information content (AvgIpc) is 2.39. The van der Waals surface area contributed by atoms with E-state index in [-0.39, 0.29) is 5.54 Å². The number of hydrogen-bond donors (Lipinski definition) is 2. The van der Waals surface area contributed by atoms with E-state index in [4.69, 9.17) is 4.74 Å². The van der Waals surface area contributed by atoms with Crippen molar-refractivity contribution in [2.45, 2.75) is 30.9 Å². The smallest absolute Gasteiger partial charge is 0.120 e. The number of nitrogens with zero attached hydrogens (tertiary/aromatic N) is 1. The van der Waals surface area contributed by atoms with E-state index in [0.717, 1.165) is 16.8 Å². The van der Waals surface area contributed by atoms with Crippen molar-refractivity contribution in [3.8, 4) is 5.75 Å². The van der Waals surface area contributed by atoms with Crippen LogP contribution in [0.25, 0.3) is 0 Å². The van der Waals surface area contributed by atoms with Crippen molar-refractivity contribution in [3.05, 3.63) is 28.7 Å². The van der Waals surface area contributed by atoms with Gasteiger partial charge in [0.1, 0.15) is 18.5 Å². The molecular weight excluding hydrogens is 332 g/mol. The molecule has 5 heteroatoms. The summed E-state index contributed by atoms with van der Waals surface area (Å²) in [6.07, 6.45) is 3.27. The van der Waals surface area contributed by atoms with Crippen LogP contribution in [0.4, 0.5) is 0 Å². The Balaban J connectivity index is 1.67. The summed E-state index contributed by atoms with van der Waals surface area (Å²) < 4.78 is 6.57. The van der Waals surface area contributed by atoms with E-state index < -0.39 is 6.10 Å². The highest BCUT2D eigenvalue weighted by atomic mass is 79.9. The fourth-order valence-corrected chi connectivity index (χ4v) is 3.02. The summed E-state index contributed by atoms with van der Waals surface area (Å²) in [5.74, 6) is 0.771. The van der Waals surface area contributed by atoms with Gasteiger partial charge >= 0.3 is 0 Å². The van der Waals surface area contributed by atoms with Gasteiger partial charge in [-0.2, -0.15) is 0 Å². The van der Waals surface area contributed by atoms with Crippen LogP contribution in [0.1, 0.15) is 19.3 Å². The second-order valence-corrected chi connectivity index (χ2v) is 6.94. The summed E-state index contributed by atoms with van der Waals surface area (Å²) in [4.78, 5) is 2.30. The van der Waals surface area contributed by atoms with Crippen molar-refractivity contribution < 1.29 is 9.84 Å². The Labute approximate surface area is 135 Å². The largest absolute Gasteiger partial charge is 0.491 e. The molecule has 4 nitrogen and oxygen atoms in total. The molecule has 0 radical (unpaired) electrons. The quantitative estimate of drug-likeness (QED) is 0.749. The monoisotopic (exact) mass is 356 g/mol. The maximum absolute atomic E-state index is 9.99. The first-order chi connectivity index (χ1) is 10.0. The maximum atomic E-state index is 9.99. The third-order valence-electron chi connectivity index (χ3n) is 4.31. The zero-order chi connectivity index (χ0) is 15.3. The topological polar surface area (TPSA) is 44.7 Å². The van der Waals surface area contributed by atoms with Crippen LogP contribution < -0.4 is 10.1 Å². The molecule has 2 rings (SSSR count). The van der Waals surface area contributed by atoms with Crippen molar-refractivity contribution in [1.82, 2.24) is 10.2 Å². The second kappa shape index (κ2) is 7.58. The standard InChI is InChI=1S/C16H25BrN2O2/c1-19(2)16(7-4-8-16)12-18-10-14(20)11-21-15-6-3-5-13(17)9-15/h3,5-6,9,14,18,20H,4,7-8,10-12H2,1-2H3. The molecule has 1 fully saturated rings. The number of likely N-dealkylation sites (N-methyl/N-ethyl adjacent to an activating group) is 1. The number of nitrogens with one attached hydrogen (secondary N) is 1. The Morgan fingerprint density at radius 2 is 2.19 bits per heavy atom. The lowest BCUT2D eigenvalue weighted by Gasteiger charge is -2.47. The van der Waals surface area contributed by atoms with Gasteiger partial charge in [-0.25, -0.2) is 0 Å². The van der Waals surface area contributed by atoms with Gasteiger partial charge in [0.15, 0.2) is 0 Å². The van der Waals surface area contributed by atoms with E-state index in [0.29, 0.717) is 13.2 Å². The minimum atomic E-state index is -0.497. The average molecular weight is 357 g/mol. The zero-order valence-electron chi connectivity index (χ0n) is 12.8. The summed E-state index contributed by atoms with van der Waals surface area (Å²) in [6.45, 7) is 1.79. The molecule has 0 spiro atoms. The first-order valence-electron chi connectivity index (χ1n) is 7.46. The van der Waals surface area contributed by atoms with Crippen LogP contribution in [0.15, 0.2) is 28.7 Å². The summed E-state index contributed by atoms with van der Waals surface area (Å²) in [6, 6.07) is 7.65. The van der Waals surface area contributed by atoms with Gasteiger partial charge in [-0.15, -0.1) is 0 Å². The summed E-state index contributed by atoms with van der Waals surface area (Å²) in [7, 11) is 4.27. The third-order valence-corrected chi connectivity index (χ3v) is 4.80. The predicted octanol–water partition coefficient (Wildman–Crippen LogP) is 2.26. The van der Waals surface area contributed by atoms with Crippen molar-refractivity contribution in [3.63, 3.8) is 0 Å². The molecule has 0 heterocycles. The minimum Gasteiger partial charge on any atom is -0.491 e. The van der Waals surface area contributed by atoms with Gasteiger partial charge in [0.25, 0.3) is 0 Å². The fourth-order valence-electron chi connectivity index (χ4n) is 2.65. The van der Waals surface area contributed by atoms with E-state index in [9.17, 15) is 5.11 Å². The number of rotatable bonds is 8. The summed E-state index contributed by atoms with van der Waals surface area (Å²) in [5, 5.41) is 13.4. The third kappa shape index (κ3) is 4.68. The number of aliphatic hydroxyl groups is 1. The fraction of sp³-hybridized carbons (Fsp3) is 0.625. The van der Waals surface area contributed by atoms with Crippen molar-refractivity contribution in [2.75, 3.05) is 33.8 Å². The highest BCUT2D eigenvalue weighted by Gasteiger charge is 2.38. The molecule has 0 saturated heterocycles. The van der Waals surface area contributed by atoms with Crippen molar-refractivity contribution >= 4 is 15.9 Å². The number of ether oxygens (including phenoxy) is 1. The van der Waals surface area contributed by atoms with Crippen LogP contribution in [0, 0.1) is 0 Å². The molecule has 21 heavy (non-hydrogen) atoms. The molecule has 1 saturated carbocycles. The van der Waals surface area contributed by atoms with E-state index in [1.807, 2.05) is 24.3 Å². The van der Waals surface area contributed by atoms with Crippen molar-refractivity contribution in [2.24, 2.45) is 0 Å². The number of benzene rings is 1. The minimum absolute atomic E-state index is 0.283. The van der Waals surface area contributed by atoms with Gasteiger partial charge in [0.05, 0.1) is 0 Å².